The minimum Gasteiger partial charge on any atom is -0.480 e. The molecule has 0 aromatic carbocycles. The van der Waals surface area contributed by atoms with Gasteiger partial charge in [-0.2, -0.15) is 0 Å². The molecule has 1 fully saturated rings. The van der Waals surface area contributed by atoms with Crippen LogP contribution in [0.1, 0.15) is 40.0 Å². The largest absolute Gasteiger partial charge is 0.480 e. The number of rotatable bonds is 7. The smallest absolute Gasteiger partial charge is 0.326 e. The number of esters is 1. The summed E-state index contributed by atoms with van der Waals surface area (Å²) in [6.07, 6.45) is 1.68. The Bertz CT molecular complexity index is 385. The van der Waals surface area contributed by atoms with E-state index in [9.17, 15) is 14.4 Å². The first-order valence-corrected chi connectivity index (χ1v) is 6.65. The molecule has 7 nitrogen and oxygen atoms in total. The van der Waals surface area contributed by atoms with Crippen molar-refractivity contribution in [2.45, 2.75) is 57.7 Å². The van der Waals surface area contributed by atoms with E-state index < -0.39 is 29.5 Å². The summed E-state index contributed by atoms with van der Waals surface area (Å²) in [5, 5.41) is 14.3. The molecule has 0 spiro atoms. The fourth-order valence-electron chi connectivity index (χ4n) is 1.52. The van der Waals surface area contributed by atoms with Gasteiger partial charge in [0.25, 0.3) is 0 Å². The Morgan fingerprint density at radius 1 is 1.30 bits per heavy atom. The highest BCUT2D eigenvalue weighted by atomic mass is 16.6. The van der Waals surface area contributed by atoms with Crippen molar-refractivity contribution >= 4 is 17.8 Å². The molecule has 0 saturated heterocycles. The molecule has 0 heterocycles. The number of nitrogens with one attached hydrogen (secondary N) is 2. The number of carboxylic acids is 1. The zero-order chi connectivity index (χ0) is 15.3. The lowest BCUT2D eigenvalue weighted by Gasteiger charge is -2.21. The van der Waals surface area contributed by atoms with E-state index >= 15 is 0 Å². The van der Waals surface area contributed by atoms with Crippen molar-refractivity contribution in [1.29, 1.82) is 0 Å². The molecule has 1 saturated carbocycles. The maximum absolute atomic E-state index is 11.6. The molecule has 0 aromatic rings. The van der Waals surface area contributed by atoms with E-state index in [1.54, 1.807) is 20.8 Å². The number of hydrogen-bond donors (Lipinski definition) is 3. The van der Waals surface area contributed by atoms with Gasteiger partial charge in [-0.15, -0.1) is 0 Å². The second-order valence-electron chi connectivity index (χ2n) is 5.90. The Morgan fingerprint density at radius 3 is 2.35 bits per heavy atom. The first-order chi connectivity index (χ1) is 9.17. The Hall–Kier alpha value is -1.63. The van der Waals surface area contributed by atoms with Crippen molar-refractivity contribution in [3.05, 3.63) is 0 Å². The Labute approximate surface area is 118 Å². The fraction of sp³-hybridized carbons (Fsp3) is 0.769. The number of carbonyl (C=O) groups excluding carboxylic acids is 2. The van der Waals surface area contributed by atoms with Crippen LogP contribution in [-0.2, 0) is 19.1 Å². The fourth-order valence-corrected chi connectivity index (χ4v) is 1.52. The van der Waals surface area contributed by atoms with Gasteiger partial charge in [-0.3, -0.25) is 9.59 Å². The third-order valence-corrected chi connectivity index (χ3v) is 2.55. The Kier molecular flexibility index (Phi) is 5.50. The average molecular weight is 286 g/mol. The van der Waals surface area contributed by atoms with Gasteiger partial charge >= 0.3 is 11.9 Å². The van der Waals surface area contributed by atoms with Crippen LogP contribution in [0.15, 0.2) is 0 Å². The van der Waals surface area contributed by atoms with Crippen LogP contribution in [0.5, 0.6) is 0 Å². The third-order valence-electron chi connectivity index (χ3n) is 2.55. The van der Waals surface area contributed by atoms with Crippen LogP contribution in [0.4, 0.5) is 0 Å². The van der Waals surface area contributed by atoms with Gasteiger partial charge in [-0.1, -0.05) is 0 Å². The minimum atomic E-state index is -1.27. The minimum absolute atomic E-state index is 0.0583. The molecular formula is C13H22N2O5. The molecule has 0 bridgehead atoms. The second kappa shape index (κ2) is 6.69. The van der Waals surface area contributed by atoms with E-state index in [0.29, 0.717) is 6.04 Å². The van der Waals surface area contributed by atoms with Crippen molar-refractivity contribution in [2.24, 2.45) is 0 Å². The summed E-state index contributed by atoms with van der Waals surface area (Å²) < 4.78 is 5.04. The highest BCUT2D eigenvalue weighted by molar-refractivity contribution is 5.88. The average Bonchev–Trinajstić information content (AvgIpc) is 3.06. The predicted molar refractivity (Wildman–Crippen MR) is 71.1 cm³/mol. The normalized spacial score (nSPS) is 16.4. The van der Waals surface area contributed by atoms with Gasteiger partial charge in [-0.05, 0) is 33.6 Å². The Morgan fingerprint density at radius 2 is 1.90 bits per heavy atom. The third kappa shape index (κ3) is 7.08. The van der Waals surface area contributed by atoms with Gasteiger partial charge in [0.15, 0.2) is 0 Å². The van der Waals surface area contributed by atoms with Gasteiger partial charge in [0.1, 0.15) is 11.6 Å². The van der Waals surface area contributed by atoms with E-state index in [4.69, 9.17) is 9.84 Å². The second-order valence-corrected chi connectivity index (χ2v) is 5.90. The van der Waals surface area contributed by atoms with Crippen molar-refractivity contribution in [1.82, 2.24) is 10.6 Å². The van der Waals surface area contributed by atoms with Crippen molar-refractivity contribution in [3.8, 4) is 0 Å². The summed E-state index contributed by atoms with van der Waals surface area (Å²) in [7, 11) is 0. The quantitative estimate of drug-likeness (QED) is 0.571. The number of amides is 1. The number of carbonyl (C=O) groups is 3. The predicted octanol–water partition coefficient (Wildman–Crippen LogP) is 0.0396. The van der Waals surface area contributed by atoms with Crippen molar-refractivity contribution in [3.63, 3.8) is 0 Å². The van der Waals surface area contributed by atoms with E-state index in [1.165, 1.54) is 0 Å². The lowest BCUT2D eigenvalue weighted by atomic mass is 10.1. The van der Waals surface area contributed by atoms with Crippen LogP contribution in [-0.4, -0.2) is 47.2 Å². The van der Waals surface area contributed by atoms with Gasteiger partial charge in [0.05, 0.1) is 13.0 Å². The molecule has 0 unspecified atom stereocenters. The van der Waals surface area contributed by atoms with Gasteiger partial charge in [-0.25, -0.2) is 4.79 Å². The molecule has 1 amide bonds. The van der Waals surface area contributed by atoms with Crippen LogP contribution in [0, 0.1) is 0 Å². The molecule has 7 heteroatoms. The zero-order valence-corrected chi connectivity index (χ0v) is 12.1. The lowest BCUT2D eigenvalue weighted by molar-refractivity contribution is -0.158. The van der Waals surface area contributed by atoms with Crippen LogP contribution in [0.3, 0.4) is 0 Å². The molecule has 0 aromatic heterocycles. The zero-order valence-electron chi connectivity index (χ0n) is 12.1. The molecular weight excluding hydrogens is 264 g/mol. The van der Waals surface area contributed by atoms with E-state index in [-0.39, 0.29) is 13.0 Å². The standard InChI is InChI=1S/C13H22N2O5/c1-13(2,3)20-11(17)6-9(12(18)19)15-10(16)7-14-8-4-5-8/h8-9,14H,4-7H2,1-3H3,(H,15,16)(H,18,19)/t9-/m0/s1. The summed E-state index contributed by atoms with van der Waals surface area (Å²) in [5.41, 5.74) is -0.683. The van der Waals surface area contributed by atoms with E-state index in [2.05, 4.69) is 10.6 Å². The van der Waals surface area contributed by atoms with Crippen molar-refractivity contribution < 1.29 is 24.2 Å². The van der Waals surface area contributed by atoms with Crippen LogP contribution in [0.2, 0.25) is 0 Å². The van der Waals surface area contributed by atoms with Crippen LogP contribution in [0.25, 0.3) is 0 Å². The topological polar surface area (TPSA) is 105 Å². The molecule has 1 rings (SSSR count). The summed E-state index contributed by atoms with van der Waals surface area (Å²) >= 11 is 0. The first kappa shape index (κ1) is 16.4. The van der Waals surface area contributed by atoms with Gasteiger partial charge < -0.3 is 20.5 Å². The number of aliphatic carboxylic acids is 1. The van der Waals surface area contributed by atoms with Crippen LogP contribution >= 0.6 is 0 Å². The molecule has 20 heavy (non-hydrogen) atoms. The first-order valence-electron chi connectivity index (χ1n) is 6.65. The molecule has 1 atom stereocenters. The summed E-state index contributed by atoms with van der Waals surface area (Å²) in [5.74, 6) is -2.34. The number of ether oxygens (including phenoxy) is 1. The summed E-state index contributed by atoms with van der Waals surface area (Å²) in [4.78, 5) is 34.2. The SMILES string of the molecule is CC(C)(C)OC(=O)C[C@H](NC(=O)CNC1CC1)C(=O)O. The lowest BCUT2D eigenvalue weighted by Crippen LogP contribution is -2.46. The van der Waals surface area contributed by atoms with Crippen LogP contribution < -0.4 is 10.6 Å². The van der Waals surface area contributed by atoms with Crippen molar-refractivity contribution in [2.75, 3.05) is 6.54 Å². The number of hydrogen-bond acceptors (Lipinski definition) is 5. The Balaban J connectivity index is 2.40. The summed E-state index contributed by atoms with van der Waals surface area (Å²) in [6.45, 7) is 5.14. The highest BCUT2D eigenvalue weighted by Gasteiger charge is 2.27. The molecule has 0 aliphatic heterocycles. The molecule has 114 valence electrons. The van der Waals surface area contributed by atoms with Gasteiger partial charge in [0.2, 0.25) is 5.91 Å². The van der Waals surface area contributed by atoms with E-state index in [0.717, 1.165) is 12.8 Å². The maximum atomic E-state index is 11.6. The molecule has 0 radical (unpaired) electrons. The maximum Gasteiger partial charge on any atom is 0.326 e. The highest BCUT2D eigenvalue weighted by Crippen LogP contribution is 2.17. The monoisotopic (exact) mass is 286 g/mol. The number of carboxylic acid groups (broad SMARTS) is 1. The molecule has 1 aliphatic carbocycles. The van der Waals surface area contributed by atoms with E-state index in [1.807, 2.05) is 0 Å². The van der Waals surface area contributed by atoms with Gasteiger partial charge in [0, 0.05) is 6.04 Å². The molecule has 1 aliphatic rings. The summed E-state index contributed by atoms with van der Waals surface area (Å²) in [6, 6.07) is -0.909. The molecule has 3 N–H and O–H groups in total.